The molecule has 0 radical (unpaired) electrons. The van der Waals surface area contributed by atoms with E-state index >= 15 is 0 Å². The summed E-state index contributed by atoms with van der Waals surface area (Å²) >= 11 is 0. The Labute approximate surface area is 116 Å². The van der Waals surface area contributed by atoms with E-state index in [2.05, 4.69) is 36.9 Å². The van der Waals surface area contributed by atoms with Crippen molar-refractivity contribution in [1.82, 2.24) is 0 Å². The van der Waals surface area contributed by atoms with Crippen molar-refractivity contribution in [2.75, 3.05) is 0 Å². The van der Waals surface area contributed by atoms with E-state index in [0.717, 1.165) is 17.8 Å². The fourth-order valence-electron chi connectivity index (χ4n) is 5.74. The molecule has 0 heteroatoms. The van der Waals surface area contributed by atoms with E-state index in [0.29, 0.717) is 5.41 Å². The molecule has 4 aliphatic rings. The monoisotopic (exact) mass is 252 g/mol. The van der Waals surface area contributed by atoms with E-state index in [4.69, 9.17) is 0 Å². The first-order chi connectivity index (χ1) is 9.22. The first-order valence-corrected chi connectivity index (χ1v) is 7.96. The lowest BCUT2D eigenvalue weighted by Crippen LogP contribution is -2.46. The predicted molar refractivity (Wildman–Crippen MR) is 80.7 cm³/mol. The van der Waals surface area contributed by atoms with Crippen LogP contribution in [0.4, 0.5) is 0 Å². The van der Waals surface area contributed by atoms with Crippen LogP contribution in [0.5, 0.6) is 0 Å². The van der Waals surface area contributed by atoms with Gasteiger partial charge in [-0.1, -0.05) is 36.9 Å². The summed E-state index contributed by atoms with van der Waals surface area (Å²) in [5.41, 5.74) is 3.36. The summed E-state index contributed by atoms with van der Waals surface area (Å²) in [6, 6.07) is 10.8. The molecule has 1 aromatic rings. The molecule has 0 amide bonds. The Kier molecular flexibility index (Phi) is 2.62. The zero-order chi connectivity index (χ0) is 12.9. The normalized spacial score (nSPS) is 39.5. The molecule has 0 spiro atoms. The van der Waals surface area contributed by atoms with Crippen LogP contribution in [0.1, 0.15) is 50.5 Å². The quantitative estimate of drug-likeness (QED) is 0.684. The van der Waals surface area contributed by atoms with E-state index in [1.54, 1.807) is 0 Å². The number of allylic oxidation sites excluding steroid dienone is 1. The first kappa shape index (κ1) is 11.8. The van der Waals surface area contributed by atoms with Gasteiger partial charge in [0, 0.05) is 0 Å². The van der Waals surface area contributed by atoms with Gasteiger partial charge in [0.05, 0.1) is 0 Å². The van der Waals surface area contributed by atoms with Gasteiger partial charge < -0.3 is 0 Å². The molecule has 4 bridgehead atoms. The van der Waals surface area contributed by atoms with Crippen molar-refractivity contribution in [2.45, 2.75) is 44.9 Å². The Morgan fingerprint density at radius 1 is 0.947 bits per heavy atom. The predicted octanol–water partition coefficient (Wildman–Crippen LogP) is 5.31. The minimum absolute atomic E-state index is 0.627. The maximum absolute atomic E-state index is 4.40. The molecule has 1 aromatic carbocycles. The van der Waals surface area contributed by atoms with Crippen molar-refractivity contribution in [3.63, 3.8) is 0 Å². The Hall–Kier alpha value is -1.04. The molecule has 0 N–H and O–H groups in total. The van der Waals surface area contributed by atoms with Crippen LogP contribution in [0.25, 0.3) is 5.57 Å². The van der Waals surface area contributed by atoms with Gasteiger partial charge in [-0.3, -0.25) is 0 Å². The van der Waals surface area contributed by atoms with E-state index in [1.807, 2.05) is 0 Å². The van der Waals surface area contributed by atoms with Gasteiger partial charge in [-0.05, 0) is 79.3 Å². The van der Waals surface area contributed by atoms with Crippen LogP contribution < -0.4 is 0 Å². The largest absolute Gasteiger partial charge is 0.0952 e. The Bertz CT molecular complexity index is 447. The average Bonchev–Trinajstić information content (AvgIpc) is 2.37. The highest BCUT2D eigenvalue weighted by Crippen LogP contribution is 2.62. The number of hydrogen-bond donors (Lipinski definition) is 0. The van der Waals surface area contributed by atoms with Gasteiger partial charge in [0.15, 0.2) is 0 Å². The van der Waals surface area contributed by atoms with Crippen molar-refractivity contribution in [3.8, 4) is 0 Å². The van der Waals surface area contributed by atoms with Crippen LogP contribution in [0.2, 0.25) is 0 Å². The third-order valence-corrected chi connectivity index (χ3v) is 5.94. The lowest BCUT2D eigenvalue weighted by atomic mass is 9.48. The summed E-state index contributed by atoms with van der Waals surface area (Å²) in [6.45, 7) is 4.40. The molecule has 0 aliphatic heterocycles. The zero-order valence-corrected chi connectivity index (χ0v) is 11.8. The molecule has 0 saturated heterocycles. The molecule has 0 unspecified atom stereocenters. The molecule has 4 saturated carbocycles. The fourth-order valence-corrected chi connectivity index (χ4v) is 5.74. The summed E-state index contributed by atoms with van der Waals surface area (Å²) < 4.78 is 0. The maximum atomic E-state index is 4.40. The van der Waals surface area contributed by atoms with Gasteiger partial charge in [-0.25, -0.2) is 0 Å². The molecule has 0 heterocycles. The van der Waals surface area contributed by atoms with Crippen LogP contribution >= 0.6 is 0 Å². The van der Waals surface area contributed by atoms with Crippen LogP contribution in [-0.2, 0) is 0 Å². The maximum Gasteiger partial charge on any atom is -0.0222 e. The number of hydrogen-bond acceptors (Lipinski definition) is 0. The average molecular weight is 252 g/mol. The highest BCUT2D eigenvalue weighted by Gasteiger charge is 2.50. The molecule has 0 nitrogen and oxygen atoms in total. The molecule has 4 aliphatic carbocycles. The topological polar surface area (TPSA) is 0 Å². The lowest BCUT2D eigenvalue weighted by Gasteiger charge is -2.57. The van der Waals surface area contributed by atoms with E-state index in [9.17, 15) is 0 Å². The van der Waals surface area contributed by atoms with Gasteiger partial charge in [-0.2, -0.15) is 0 Å². The molecule has 5 rings (SSSR count). The van der Waals surface area contributed by atoms with Crippen molar-refractivity contribution in [2.24, 2.45) is 23.2 Å². The second kappa shape index (κ2) is 4.23. The van der Waals surface area contributed by atoms with Crippen molar-refractivity contribution in [3.05, 3.63) is 42.5 Å². The van der Waals surface area contributed by atoms with Crippen LogP contribution in [-0.4, -0.2) is 0 Å². The third kappa shape index (κ3) is 2.06. The molecule has 100 valence electrons. The Balaban J connectivity index is 1.55. The molecule has 19 heavy (non-hydrogen) atoms. The SMILES string of the molecule is C=C(CC12CC3CC(CC(C3)C1)C2)c1ccccc1. The minimum atomic E-state index is 0.627. The highest BCUT2D eigenvalue weighted by molar-refractivity contribution is 5.63. The Morgan fingerprint density at radius 3 is 2.00 bits per heavy atom. The van der Waals surface area contributed by atoms with Gasteiger partial charge >= 0.3 is 0 Å². The van der Waals surface area contributed by atoms with Crippen LogP contribution in [0, 0.1) is 23.2 Å². The molecule has 0 atom stereocenters. The van der Waals surface area contributed by atoms with Crippen molar-refractivity contribution >= 4 is 5.57 Å². The van der Waals surface area contributed by atoms with Crippen LogP contribution in [0.15, 0.2) is 36.9 Å². The zero-order valence-electron chi connectivity index (χ0n) is 11.8. The summed E-state index contributed by atoms with van der Waals surface area (Å²) in [5, 5.41) is 0. The summed E-state index contributed by atoms with van der Waals surface area (Å²) in [7, 11) is 0. The first-order valence-electron chi connectivity index (χ1n) is 7.96. The second-order valence-corrected chi connectivity index (χ2v) is 7.56. The molecule has 0 aromatic heterocycles. The molecular weight excluding hydrogens is 228 g/mol. The van der Waals surface area contributed by atoms with E-state index in [-0.39, 0.29) is 0 Å². The highest BCUT2D eigenvalue weighted by atomic mass is 14.6. The van der Waals surface area contributed by atoms with Gasteiger partial charge in [0.2, 0.25) is 0 Å². The number of benzene rings is 1. The minimum Gasteiger partial charge on any atom is -0.0952 e. The Morgan fingerprint density at radius 2 is 1.47 bits per heavy atom. The summed E-state index contributed by atoms with van der Waals surface area (Å²) in [5.74, 6) is 3.15. The van der Waals surface area contributed by atoms with Crippen molar-refractivity contribution in [1.29, 1.82) is 0 Å². The second-order valence-electron chi connectivity index (χ2n) is 7.56. The molecular formula is C19H24. The van der Waals surface area contributed by atoms with Crippen LogP contribution in [0.3, 0.4) is 0 Å². The van der Waals surface area contributed by atoms with E-state index < -0.39 is 0 Å². The number of rotatable bonds is 3. The smallest absolute Gasteiger partial charge is 0.0222 e. The summed E-state index contributed by atoms with van der Waals surface area (Å²) in [6.07, 6.45) is 10.3. The van der Waals surface area contributed by atoms with E-state index in [1.165, 1.54) is 56.1 Å². The summed E-state index contributed by atoms with van der Waals surface area (Å²) in [4.78, 5) is 0. The van der Waals surface area contributed by atoms with Gasteiger partial charge in [-0.15, -0.1) is 0 Å². The molecule has 4 fully saturated rings. The van der Waals surface area contributed by atoms with Gasteiger partial charge in [0.1, 0.15) is 0 Å². The van der Waals surface area contributed by atoms with Crippen molar-refractivity contribution < 1.29 is 0 Å². The van der Waals surface area contributed by atoms with Gasteiger partial charge in [0.25, 0.3) is 0 Å². The fraction of sp³-hybridized carbons (Fsp3) is 0.579. The lowest BCUT2D eigenvalue weighted by molar-refractivity contribution is -0.0493. The third-order valence-electron chi connectivity index (χ3n) is 5.94. The standard InChI is InChI=1S/C19H24/c1-14(18-5-3-2-4-6-18)10-19-11-15-7-16(12-19)9-17(8-15)13-19/h2-6,15-17H,1,7-13H2.